The van der Waals surface area contributed by atoms with Crippen LogP contribution in [0.1, 0.15) is 78.1 Å². The molecule has 6 rings (SSSR count). The second-order valence-electron chi connectivity index (χ2n) is 12.7. The van der Waals surface area contributed by atoms with Crippen LogP contribution in [-0.2, 0) is 17.8 Å². The number of likely N-dealkylation sites (tertiary alicyclic amines) is 1. The van der Waals surface area contributed by atoms with E-state index in [9.17, 15) is 14.4 Å². The Kier molecular flexibility index (Phi) is 10.8. The first-order valence-corrected chi connectivity index (χ1v) is 17.2. The molecular formula is C40H41ClN2O5. The van der Waals surface area contributed by atoms with Crippen molar-refractivity contribution in [1.82, 2.24) is 10.2 Å². The molecule has 2 aliphatic rings. The lowest BCUT2D eigenvalue weighted by molar-refractivity contribution is -0.133. The third kappa shape index (κ3) is 8.26. The highest BCUT2D eigenvalue weighted by atomic mass is 35.5. The highest BCUT2D eigenvalue weighted by Crippen LogP contribution is 2.37. The average Bonchev–Trinajstić information content (AvgIpc) is 3.10. The Morgan fingerprint density at radius 1 is 1.02 bits per heavy atom. The van der Waals surface area contributed by atoms with Crippen LogP contribution in [-0.4, -0.2) is 35.9 Å². The zero-order valence-corrected chi connectivity index (χ0v) is 27.8. The zero-order valence-electron chi connectivity index (χ0n) is 27.1. The van der Waals surface area contributed by atoms with Crippen molar-refractivity contribution in [2.24, 2.45) is 0 Å². The van der Waals surface area contributed by atoms with E-state index in [4.69, 9.17) is 20.8 Å². The standard InChI is InChI=1S/C40H41ClN2O5/c1-2-21-47-33-18-19-37-35(24-33)36(44)25-38(48-37)40(46)42-32(23-28-12-16-31(41)17-13-28)22-27-10-14-29(15-11-27)34-8-4-3-7-30(34)26-43-20-6-5-9-39(43)45/h2-4,7-8,12-13,16-19,22,24-25,29,32H,1,5-6,9-11,14-15,20-21,23,26H2,(H,42,46)/t29?,32-/m1/s1. The van der Waals surface area contributed by atoms with Gasteiger partial charge in [-0.25, -0.2) is 0 Å². The first-order valence-electron chi connectivity index (χ1n) is 16.8. The molecule has 1 N–H and O–H groups in total. The molecule has 8 heteroatoms. The normalized spacial score (nSPS) is 17.2. The Labute approximate surface area is 286 Å². The number of piperidine rings is 1. The van der Waals surface area contributed by atoms with E-state index in [-0.39, 0.29) is 23.1 Å². The molecular weight excluding hydrogens is 624 g/mol. The summed E-state index contributed by atoms with van der Waals surface area (Å²) in [6, 6.07) is 22.0. The van der Waals surface area contributed by atoms with Crippen LogP contribution in [0.4, 0.5) is 0 Å². The van der Waals surface area contributed by atoms with Crippen molar-refractivity contribution in [2.45, 2.75) is 69.9 Å². The van der Waals surface area contributed by atoms with Gasteiger partial charge in [0.05, 0.1) is 11.4 Å². The van der Waals surface area contributed by atoms with E-state index in [1.807, 2.05) is 29.2 Å². The Morgan fingerprint density at radius 2 is 1.81 bits per heavy atom. The number of ether oxygens (including phenoxy) is 1. The van der Waals surface area contributed by atoms with Crippen molar-refractivity contribution in [3.63, 3.8) is 0 Å². The molecule has 1 aromatic heterocycles. The van der Waals surface area contributed by atoms with E-state index in [0.29, 0.717) is 53.7 Å². The molecule has 0 unspecified atom stereocenters. The number of carbonyl (C=O) groups is 2. The summed E-state index contributed by atoms with van der Waals surface area (Å²) in [4.78, 5) is 41.1. The van der Waals surface area contributed by atoms with E-state index in [1.165, 1.54) is 22.8 Å². The van der Waals surface area contributed by atoms with Crippen molar-refractivity contribution >= 4 is 34.4 Å². The highest BCUT2D eigenvalue weighted by Gasteiger charge is 2.25. The van der Waals surface area contributed by atoms with Gasteiger partial charge in [0.15, 0.2) is 11.2 Å². The molecule has 2 fully saturated rings. The molecule has 4 aromatic rings. The predicted molar refractivity (Wildman–Crippen MR) is 190 cm³/mol. The summed E-state index contributed by atoms with van der Waals surface area (Å²) in [6.07, 6.45) is 10.9. The summed E-state index contributed by atoms with van der Waals surface area (Å²) in [7, 11) is 0. The van der Waals surface area contributed by atoms with Gasteiger partial charge in [0.1, 0.15) is 17.9 Å². The van der Waals surface area contributed by atoms with Crippen LogP contribution in [0.25, 0.3) is 11.0 Å². The SMILES string of the molecule is C=CCOc1ccc2oc(C(=O)N[C@H](C=C3CCC(c4ccccc4CN4CCCCC4=O)CC3)Cc3ccc(Cl)cc3)cc(=O)c2c1. The van der Waals surface area contributed by atoms with Gasteiger partial charge in [0.2, 0.25) is 5.91 Å². The number of allylic oxidation sites excluding steroid dienone is 1. The molecule has 1 saturated heterocycles. The summed E-state index contributed by atoms with van der Waals surface area (Å²) >= 11 is 6.15. The number of nitrogens with zero attached hydrogens (tertiary/aromatic N) is 1. The molecule has 7 nitrogen and oxygen atoms in total. The topological polar surface area (TPSA) is 88.8 Å². The number of benzene rings is 3. The molecule has 1 atom stereocenters. The monoisotopic (exact) mass is 664 g/mol. The van der Waals surface area contributed by atoms with Crippen LogP contribution in [0.5, 0.6) is 5.75 Å². The number of rotatable bonds is 11. The largest absolute Gasteiger partial charge is 0.490 e. The van der Waals surface area contributed by atoms with Gasteiger partial charge >= 0.3 is 0 Å². The Morgan fingerprint density at radius 3 is 2.58 bits per heavy atom. The van der Waals surface area contributed by atoms with Gasteiger partial charge in [-0.3, -0.25) is 14.4 Å². The molecule has 0 bridgehead atoms. The highest BCUT2D eigenvalue weighted by molar-refractivity contribution is 6.30. The fraction of sp³-hybridized carbons (Fsp3) is 0.325. The first-order chi connectivity index (χ1) is 23.4. The van der Waals surface area contributed by atoms with E-state index in [2.05, 4.69) is 42.2 Å². The summed E-state index contributed by atoms with van der Waals surface area (Å²) in [5.74, 6) is 0.699. The van der Waals surface area contributed by atoms with Crippen molar-refractivity contribution in [3.05, 3.63) is 135 Å². The smallest absolute Gasteiger partial charge is 0.287 e. The van der Waals surface area contributed by atoms with Crippen LogP contribution in [0.15, 0.2) is 106 Å². The minimum Gasteiger partial charge on any atom is -0.490 e. The number of hydrogen-bond acceptors (Lipinski definition) is 5. The molecule has 0 radical (unpaired) electrons. The number of amides is 2. The third-order valence-corrected chi connectivity index (χ3v) is 9.57. The van der Waals surface area contributed by atoms with Crippen molar-refractivity contribution < 1.29 is 18.7 Å². The van der Waals surface area contributed by atoms with Gasteiger partial charge in [-0.2, -0.15) is 0 Å². The fourth-order valence-electron chi connectivity index (χ4n) is 6.82. The summed E-state index contributed by atoms with van der Waals surface area (Å²) in [5.41, 5.74) is 4.91. The number of halogens is 1. The predicted octanol–water partition coefficient (Wildman–Crippen LogP) is 8.15. The molecule has 2 heterocycles. The molecule has 1 aliphatic carbocycles. The number of hydrogen-bond donors (Lipinski definition) is 1. The van der Waals surface area contributed by atoms with Crippen LogP contribution in [0.3, 0.4) is 0 Å². The summed E-state index contributed by atoms with van der Waals surface area (Å²) in [5, 5.41) is 4.11. The molecule has 0 spiro atoms. The molecule has 48 heavy (non-hydrogen) atoms. The fourth-order valence-corrected chi connectivity index (χ4v) is 6.95. The number of carbonyl (C=O) groups excluding carboxylic acids is 2. The summed E-state index contributed by atoms with van der Waals surface area (Å²) in [6.45, 7) is 5.47. The lowest BCUT2D eigenvalue weighted by Crippen LogP contribution is -2.36. The zero-order chi connectivity index (χ0) is 33.5. The summed E-state index contributed by atoms with van der Waals surface area (Å²) < 4.78 is 11.5. The molecule has 3 aromatic carbocycles. The minimum absolute atomic E-state index is 0.0423. The van der Waals surface area contributed by atoms with Gasteiger partial charge in [-0.1, -0.05) is 72.3 Å². The quantitative estimate of drug-likeness (QED) is 0.164. The Hall–Kier alpha value is -4.62. The van der Waals surface area contributed by atoms with E-state index in [1.54, 1.807) is 24.3 Å². The Balaban J connectivity index is 1.18. The second-order valence-corrected chi connectivity index (χ2v) is 13.1. The average molecular weight is 665 g/mol. The lowest BCUT2D eigenvalue weighted by atomic mass is 9.79. The van der Waals surface area contributed by atoms with Gasteiger partial charge in [-0.15, -0.1) is 0 Å². The van der Waals surface area contributed by atoms with Crippen molar-refractivity contribution in [2.75, 3.05) is 13.2 Å². The van der Waals surface area contributed by atoms with Crippen molar-refractivity contribution in [1.29, 1.82) is 0 Å². The Bertz CT molecular complexity index is 1870. The van der Waals surface area contributed by atoms with Gasteiger partial charge in [0.25, 0.3) is 5.91 Å². The van der Waals surface area contributed by atoms with Gasteiger partial charge in [0, 0.05) is 30.6 Å². The first kappa shape index (κ1) is 33.3. The van der Waals surface area contributed by atoms with Gasteiger partial charge in [-0.05, 0) is 97.9 Å². The maximum atomic E-state index is 13.5. The van der Waals surface area contributed by atoms with Gasteiger partial charge < -0.3 is 19.4 Å². The van der Waals surface area contributed by atoms with E-state index < -0.39 is 5.91 Å². The number of nitrogens with one attached hydrogen (secondary N) is 1. The van der Waals surface area contributed by atoms with Crippen LogP contribution < -0.4 is 15.5 Å². The molecule has 1 saturated carbocycles. The molecule has 2 amide bonds. The molecule has 248 valence electrons. The van der Waals surface area contributed by atoms with Crippen LogP contribution >= 0.6 is 11.6 Å². The lowest BCUT2D eigenvalue weighted by Gasteiger charge is -2.31. The van der Waals surface area contributed by atoms with Crippen LogP contribution in [0, 0.1) is 0 Å². The van der Waals surface area contributed by atoms with E-state index in [0.717, 1.165) is 50.6 Å². The maximum absolute atomic E-state index is 13.5. The minimum atomic E-state index is -0.452. The van der Waals surface area contributed by atoms with E-state index >= 15 is 0 Å². The maximum Gasteiger partial charge on any atom is 0.287 e. The van der Waals surface area contributed by atoms with Crippen LogP contribution in [0.2, 0.25) is 5.02 Å². The third-order valence-electron chi connectivity index (χ3n) is 9.32. The molecule has 1 aliphatic heterocycles. The number of fused-ring (bicyclic) bond motifs is 1. The second kappa shape index (κ2) is 15.5. The van der Waals surface area contributed by atoms with Crippen molar-refractivity contribution in [3.8, 4) is 5.75 Å².